The molecule has 8 nitrogen and oxygen atoms in total. The van der Waals surface area contributed by atoms with Crippen molar-refractivity contribution < 1.29 is 0 Å². The number of rotatable bonds is 26. The summed E-state index contributed by atoms with van der Waals surface area (Å²) >= 11 is 0. The molecule has 2 aromatic heterocycles. The molecule has 140 heavy (non-hydrogen) atoms. The fraction of sp³-hybridized carbons (Fsp3) is 0.0909. The largest absolute Gasteiger partial charge is 0.342 e. The molecule has 0 saturated heterocycles. The van der Waals surface area contributed by atoms with Crippen LogP contribution >= 0.6 is 0 Å². The van der Waals surface area contributed by atoms with Gasteiger partial charge in [-0.25, -0.2) is 0 Å². The van der Waals surface area contributed by atoms with Gasteiger partial charge in [0.1, 0.15) is 0 Å². The number of aromatic nitrogens is 2. The molecule has 0 aliphatic carbocycles. The van der Waals surface area contributed by atoms with Crippen molar-refractivity contribution in [3.8, 4) is 78.1 Å². The maximum Gasteiger partial charge on any atom is 0.0541 e. The summed E-state index contributed by atoms with van der Waals surface area (Å²) in [6.07, 6.45) is 0. The van der Waals surface area contributed by atoms with Crippen LogP contribution in [0.15, 0.2) is 485 Å². The van der Waals surface area contributed by atoms with E-state index in [1.165, 1.54) is 211 Å². The van der Waals surface area contributed by atoms with Crippen molar-refractivity contribution in [2.24, 2.45) is 0 Å². The molecule has 0 spiro atoms. The van der Waals surface area contributed by atoms with Gasteiger partial charge in [0, 0.05) is 157 Å². The van der Waals surface area contributed by atoms with Gasteiger partial charge in [0.15, 0.2) is 0 Å². The van der Waals surface area contributed by atoms with Crippen LogP contribution in [0.1, 0.15) is 41.5 Å². The first kappa shape index (κ1) is 88.1. The first-order valence-corrected chi connectivity index (χ1v) is 49.4. The Bertz CT molecular complexity index is 7970. The number of fused-ring (bicyclic) bond motifs is 9. The van der Waals surface area contributed by atoms with Crippen molar-refractivity contribution in [2.45, 2.75) is 41.5 Å². The Morgan fingerprint density at radius 1 is 0.143 bits per heavy atom. The zero-order valence-electron chi connectivity index (χ0n) is 80.0. The third-order valence-corrected chi connectivity index (χ3v) is 28.1. The van der Waals surface area contributed by atoms with Crippen LogP contribution in [0.2, 0.25) is 0 Å². The third-order valence-electron chi connectivity index (χ3n) is 28.1. The van der Waals surface area contributed by atoms with E-state index in [2.05, 4.69) is 565 Å². The monoisotopic (exact) mass is 1810 g/mol. The molecule has 678 valence electrons. The Morgan fingerprint density at radius 3 is 0.550 bits per heavy atom. The Labute approximate surface area is 821 Å². The van der Waals surface area contributed by atoms with Crippen molar-refractivity contribution in [1.29, 1.82) is 0 Å². The van der Waals surface area contributed by atoms with Gasteiger partial charge in [-0.05, 0) is 325 Å². The zero-order chi connectivity index (χ0) is 94.5. The fourth-order valence-corrected chi connectivity index (χ4v) is 21.1. The topological polar surface area (TPSA) is 29.3 Å². The van der Waals surface area contributed by atoms with Crippen molar-refractivity contribution >= 4 is 144 Å². The summed E-state index contributed by atoms with van der Waals surface area (Å²) in [7, 11) is 0. The summed E-state index contributed by atoms with van der Waals surface area (Å²) in [6, 6.07) is 178. The molecule has 2 heterocycles. The molecule has 8 heteroatoms. The lowest BCUT2D eigenvalue weighted by Crippen LogP contribution is -2.16. The molecule has 0 unspecified atom stereocenters. The molecule has 0 aliphatic heterocycles. The van der Waals surface area contributed by atoms with Crippen molar-refractivity contribution in [3.05, 3.63) is 485 Å². The lowest BCUT2D eigenvalue weighted by molar-refractivity contribution is 1.02. The normalized spacial score (nSPS) is 11.4. The predicted octanol–water partition coefficient (Wildman–Crippen LogP) is 36.0. The molecule has 0 radical (unpaired) electrons. The molecular weight excluding hydrogens is 1700 g/mol. The number of nitrogens with zero attached hydrogens (tertiary/aromatic N) is 8. The minimum absolute atomic E-state index is 0.864. The highest BCUT2D eigenvalue weighted by Gasteiger charge is 2.23. The van der Waals surface area contributed by atoms with Gasteiger partial charge < -0.3 is 38.5 Å². The Kier molecular flexibility index (Phi) is 24.7. The van der Waals surface area contributed by atoms with Gasteiger partial charge in [-0.3, -0.25) is 0 Å². The van der Waals surface area contributed by atoms with Crippen LogP contribution in [0.3, 0.4) is 0 Å². The molecular formula is C132H110N8. The smallest absolute Gasteiger partial charge is 0.0541 e. The zero-order valence-corrected chi connectivity index (χ0v) is 80.0. The van der Waals surface area contributed by atoms with E-state index in [-0.39, 0.29) is 0 Å². The van der Waals surface area contributed by atoms with Crippen LogP contribution in [0, 0.1) is 0 Å². The summed E-state index contributed by atoms with van der Waals surface area (Å²) in [5, 5.41) is 12.4. The van der Waals surface area contributed by atoms with E-state index in [9.17, 15) is 0 Å². The first-order valence-electron chi connectivity index (χ1n) is 49.4. The van der Waals surface area contributed by atoms with Crippen molar-refractivity contribution in [2.75, 3.05) is 68.7 Å². The molecule has 0 fully saturated rings. The van der Waals surface area contributed by atoms with E-state index in [1.807, 2.05) is 0 Å². The third kappa shape index (κ3) is 17.2. The minimum Gasteiger partial charge on any atom is -0.342 e. The molecule has 0 amide bonds. The molecule has 21 aromatic carbocycles. The number of para-hydroxylation sites is 3. The van der Waals surface area contributed by atoms with Crippen molar-refractivity contribution in [1.82, 2.24) is 9.13 Å². The highest BCUT2D eigenvalue weighted by atomic mass is 15.2. The summed E-state index contributed by atoms with van der Waals surface area (Å²) < 4.78 is 4.86. The van der Waals surface area contributed by atoms with Crippen LogP contribution < -0.4 is 29.4 Å². The molecule has 0 saturated carbocycles. The average molecular weight is 1810 g/mol. The molecule has 0 atom stereocenters. The van der Waals surface area contributed by atoms with Gasteiger partial charge in [0.25, 0.3) is 0 Å². The number of hydrogen-bond donors (Lipinski definition) is 0. The van der Waals surface area contributed by atoms with Crippen LogP contribution in [0.5, 0.6) is 0 Å². The number of benzene rings is 21. The Hall–Kier alpha value is -17.2. The number of anilines is 12. The van der Waals surface area contributed by atoms with Crippen LogP contribution in [0.4, 0.5) is 68.2 Å². The number of hydrogen-bond acceptors (Lipinski definition) is 6. The van der Waals surface area contributed by atoms with E-state index in [1.54, 1.807) is 0 Å². The second-order valence-electron chi connectivity index (χ2n) is 35.9. The standard InChI is InChI=1S/C72H58N4.C60H52N4/c1-4-73(68-25-13-19-54-16-7-10-22-63(54)68)59-38-28-50(29-39-59)51-34-44-62(45-35-51)76-71-46-36-57(52-30-40-60(41-31-52)74(5-2)69-26-14-20-55-17-8-11-23-64(55)69)48-66(71)67-49-58(37-47-72(67)76)53-32-42-61(43-33-53)75(6-3)70-27-15-21-56-18-9-12-24-65(56)70;1-4-61(50-16-10-7-11-17-50)53-32-22-44(23-33-53)45-28-38-56(39-29-45)64-59-40-30-48(46-24-34-54(35-25-46)62(5-2)51-18-12-8-13-19-51)42-57(59)58-43-49(31-41-60(58)64)47-26-36-55(37-27-47)63(6-3)52-20-14-9-15-21-52/h7-49H,4-6H2,1-3H3;7-43H,4-6H2,1-3H3. The first-order chi connectivity index (χ1) is 69.1. The summed E-state index contributed by atoms with van der Waals surface area (Å²) in [5.41, 5.74) is 35.7. The van der Waals surface area contributed by atoms with Gasteiger partial charge in [0.05, 0.1) is 22.1 Å². The highest BCUT2D eigenvalue weighted by molar-refractivity contribution is 6.14. The van der Waals surface area contributed by atoms with E-state index >= 15 is 0 Å². The van der Waals surface area contributed by atoms with Gasteiger partial charge >= 0.3 is 0 Å². The van der Waals surface area contributed by atoms with E-state index < -0.39 is 0 Å². The molecule has 23 aromatic rings. The SMILES string of the molecule is CCN(c1ccc(-c2ccc(-n3c4ccc(-c5ccc(N(CC)c6cccc7ccccc67)cc5)cc4c4cc(-c5ccc(N(CC)c6cccc7ccccc67)cc5)ccc43)cc2)cc1)c1cccc2ccccc12.CCN(c1ccccc1)c1ccc(-c2ccc(-n3c4ccc(-c5ccc(N(CC)c6ccccc6)cc5)cc4c4cc(-c5ccc(N(CC)c6ccccc6)cc5)ccc43)cc2)cc1. The second kappa shape index (κ2) is 39.2. The van der Waals surface area contributed by atoms with E-state index in [0.29, 0.717) is 0 Å². The maximum absolute atomic E-state index is 2.44. The molecule has 0 aliphatic rings. The fourth-order valence-electron chi connectivity index (χ4n) is 21.1. The average Bonchev–Trinajstić information content (AvgIpc) is 1.59. The quantitative estimate of drug-likeness (QED) is 0.0537. The van der Waals surface area contributed by atoms with Gasteiger partial charge in [-0.1, -0.05) is 285 Å². The summed E-state index contributed by atoms with van der Waals surface area (Å²) in [4.78, 5) is 14.3. The summed E-state index contributed by atoms with van der Waals surface area (Å²) in [5.74, 6) is 0. The molecule has 23 rings (SSSR count). The van der Waals surface area contributed by atoms with Gasteiger partial charge in [-0.15, -0.1) is 0 Å². The van der Waals surface area contributed by atoms with Crippen LogP contribution in [0.25, 0.3) is 154 Å². The molecule has 0 N–H and O–H groups in total. The summed E-state index contributed by atoms with van der Waals surface area (Å²) in [6.45, 7) is 18.6. The van der Waals surface area contributed by atoms with Gasteiger partial charge in [0.2, 0.25) is 0 Å². The van der Waals surface area contributed by atoms with E-state index in [4.69, 9.17) is 0 Å². The van der Waals surface area contributed by atoms with Crippen LogP contribution in [-0.4, -0.2) is 48.4 Å². The van der Waals surface area contributed by atoms with Crippen molar-refractivity contribution in [3.63, 3.8) is 0 Å². The van der Waals surface area contributed by atoms with E-state index in [0.717, 1.165) is 50.6 Å². The minimum atomic E-state index is 0.864. The lowest BCUT2D eigenvalue weighted by atomic mass is 9.99. The molecule has 0 bridgehead atoms. The van der Waals surface area contributed by atoms with Crippen LogP contribution in [-0.2, 0) is 0 Å². The Morgan fingerprint density at radius 2 is 0.321 bits per heavy atom. The van der Waals surface area contributed by atoms with Gasteiger partial charge in [-0.2, -0.15) is 0 Å². The maximum atomic E-state index is 2.44. The highest BCUT2D eigenvalue weighted by Crippen LogP contribution is 2.45. The second-order valence-corrected chi connectivity index (χ2v) is 35.9. The lowest BCUT2D eigenvalue weighted by Gasteiger charge is -2.25. The predicted molar refractivity (Wildman–Crippen MR) is 601 cm³/mol. The Balaban J connectivity index is 0.000000163.